The van der Waals surface area contributed by atoms with E-state index in [1.54, 1.807) is 23.1 Å². The zero-order valence-electron chi connectivity index (χ0n) is 22.0. The topological polar surface area (TPSA) is 81.9 Å². The fourth-order valence-electron chi connectivity index (χ4n) is 4.50. The maximum Gasteiger partial charge on any atom is 0.297 e. The molecule has 1 atom stereocenters. The molecule has 0 saturated carbocycles. The summed E-state index contributed by atoms with van der Waals surface area (Å²) in [6, 6.07) is 10.1. The number of hydrogen-bond acceptors (Lipinski definition) is 7. The highest BCUT2D eigenvalue weighted by atomic mass is 79.9. The van der Waals surface area contributed by atoms with E-state index >= 15 is 0 Å². The molecule has 0 N–H and O–H groups in total. The number of benzene rings is 2. The van der Waals surface area contributed by atoms with E-state index < -0.39 is 11.9 Å². The Morgan fingerprint density at radius 2 is 1.89 bits per heavy atom. The van der Waals surface area contributed by atoms with E-state index in [4.69, 9.17) is 13.9 Å². The largest absolute Gasteiger partial charge is 0.490 e. The smallest absolute Gasteiger partial charge is 0.297 e. The number of hydrogen-bond donors (Lipinski definition) is 0. The molecule has 0 bridgehead atoms. The molecule has 5 rings (SSSR count). The summed E-state index contributed by atoms with van der Waals surface area (Å²) in [5.74, 6) is 1.35. The maximum absolute atomic E-state index is 13.9. The molecular formula is C29H29BrN2O5S. The molecule has 0 saturated heterocycles. The Bertz CT molecular complexity index is 1570. The van der Waals surface area contributed by atoms with Crippen molar-refractivity contribution in [3.8, 4) is 11.5 Å². The van der Waals surface area contributed by atoms with Crippen LogP contribution in [0, 0.1) is 19.8 Å². The van der Waals surface area contributed by atoms with Crippen molar-refractivity contribution in [1.82, 2.24) is 4.98 Å². The van der Waals surface area contributed by atoms with Gasteiger partial charge in [-0.2, -0.15) is 0 Å². The Kier molecular flexibility index (Phi) is 7.33. The van der Waals surface area contributed by atoms with Crippen LogP contribution in [0.3, 0.4) is 0 Å². The Labute approximate surface area is 233 Å². The minimum Gasteiger partial charge on any atom is -0.490 e. The number of carbonyl (C=O) groups is 1. The molecule has 0 radical (unpaired) electrons. The first-order chi connectivity index (χ1) is 18.2. The molecule has 2 aromatic heterocycles. The summed E-state index contributed by atoms with van der Waals surface area (Å²) in [6.07, 6.45) is 0.915. The van der Waals surface area contributed by atoms with E-state index in [-0.39, 0.29) is 11.2 Å². The van der Waals surface area contributed by atoms with Crippen molar-refractivity contribution in [2.24, 2.45) is 5.92 Å². The molecule has 3 heterocycles. The second kappa shape index (κ2) is 10.5. The third-order valence-electron chi connectivity index (χ3n) is 6.59. The van der Waals surface area contributed by atoms with Crippen LogP contribution in [-0.4, -0.2) is 24.1 Å². The van der Waals surface area contributed by atoms with Gasteiger partial charge in [-0.25, -0.2) is 4.98 Å². The number of nitrogens with zero attached hydrogens (tertiary/aromatic N) is 2. The second-order valence-electron chi connectivity index (χ2n) is 9.70. The van der Waals surface area contributed by atoms with Crippen LogP contribution >= 0.6 is 27.3 Å². The van der Waals surface area contributed by atoms with Gasteiger partial charge in [0.1, 0.15) is 5.58 Å². The van der Waals surface area contributed by atoms with E-state index in [9.17, 15) is 9.59 Å². The van der Waals surface area contributed by atoms with Crippen molar-refractivity contribution in [3.63, 3.8) is 0 Å². The molecule has 0 spiro atoms. The van der Waals surface area contributed by atoms with Gasteiger partial charge in [-0.3, -0.25) is 14.5 Å². The summed E-state index contributed by atoms with van der Waals surface area (Å²) < 4.78 is 18.8. The standard InChI is InChI=1S/C29H29BrN2O5S/c1-6-35-23-13-18(7-9-22(23)36-12-11-15(2)3)25-24-26(33)20-14-19(30)8-10-21(20)37-27(24)28(34)32(25)29-31-16(4)17(5)38-29/h7-10,13-15,25H,6,11-12H2,1-5H3. The molecule has 0 fully saturated rings. The van der Waals surface area contributed by atoms with Crippen molar-refractivity contribution in [2.45, 2.75) is 47.1 Å². The average molecular weight is 598 g/mol. The molecule has 4 aromatic rings. The van der Waals surface area contributed by atoms with Crippen LogP contribution in [0.4, 0.5) is 5.13 Å². The number of amides is 1. The molecule has 1 unspecified atom stereocenters. The lowest BCUT2D eigenvalue weighted by molar-refractivity contribution is 0.0971. The van der Waals surface area contributed by atoms with Crippen LogP contribution < -0.4 is 19.8 Å². The zero-order valence-corrected chi connectivity index (χ0v) is 24.4. The van der Waals surface area contributed by atoms with Crippen molar-refractivity contribution in [2.75, 3.05) is 18.1 Å². The van der Waals surface area contributed by atoms with Gasteiger partial charge >= 0.3 is 0 Å². The minimum atomic E-state index is -0.731. The van der Waals surface area contributed by atoms with E-state index in [1.165, 1.54) is 11.3 Å². The Hall–Kier alpha value is -3.17. The normalized spacial score (nSPS) is 15.0. The molecular weight excluding hydrogens is 568 g/mol. The number of fused-ring (bicyclic) bond motifs is 2. The number of halogens is 1. The average Bonchev–Trinajstić information content (AvgIpc) is 3.36. The quantitative estimate of drug-likeness (QED) is 0.214. The first-order valence-electron chi connectivity index (χ1n) is 12.6. The van der Waals surface area contributed by atoms with Crippen molar-refractivity contribution in [3.05, 3.63) is 78.6 Å². The Balaban J connectivity index is 1.69. The molecule has 2 aromatic carbocycles. The zero-order chi connectivity index (χ0) is 27.1. The summed E-state index contributed by atoms with van der Waals surface area (Å²) in [4.78, 5) is 35.0. The number of aromatic nitrogens is 1. The summed E-state index contributed by atoms with van der Waals surface area (Å²) in [7, 11) is 0. The molecule has 1 amide bonds. The van der Waals surface area contributed by atoms with Crippen LogP contribution in [0.25, 0.3) is 11.0 Å². The number of carbonyl (C=O) groups excluding carboxylic acids is 1. The van der Waals surface area contributed by atoms with Gasteiger partial charge in [0, 0.05) is 9.35 Å². The predicted molar refractivity (Wildman–Crippen MR) is 153 cm³/mol. The highest BCUT2D eigenvalue weighted by Gasteiger charge is 2.45. The van der Waals surface area contributed by atoms with Gasteiger partial charge in [0.15, 0.2) is 22.1 Å². The van der Waals surface area contributed by atoms with Gasteiger partial charge in [-0.15, -0.1) is 11.3 Å². The number of ether oxygens (including phenoxy) is 2. The fourth-order valence-corrected chi connectivity index (χ4v) is 5.80. The van der Waals surface area contributed by atoms with Gasteiger partial charge in [0.25, 0.3) is 5.91 Å². The van der Waals surface area contributed by atoms with Crippen molar-refractivity contribution >= 4 is 49.3 Å². The summed E-state index contributed by atoms with van der Waals surface area (Å²) in [5, 5.41) is 0.921. The van der Waals surface area contributed by atoms with Gasteiger partial charge in [-0.1, -0.05) is 35.8 Å². The minimum absolute atomic E-state index is 0.0375. The first-order valence-corrected chi connectivity index (χ1v) is 14.2. The fraction of sp³-hybridized carbons (Fsp3) is 0.345. The van der Waals surface area contributed by atoms with Crippen molar-refractivity contribution in [1.29, 1.82) is 0 Å². The van der Waals surface area contributed by atoms with E-state index in [1.807, 2.05) is 39.0 Å². The van der Waals surface area contributed by atoms with E-state index in [2.05, 4.69) is 34.8 Å². The van der Waals surface area contributed by atoms with Gasteiger partial charge in [0.2, 0.25) is 5.76 Å². The molecule has 1 aliphatic heterocycles. The first kappa shape index (κ1) is 26.4. The van der Waals surface area contributed by atoms with Crippen LogP contribution in [-0.2, 0) is 0 Å². The van der Waals surface area contributed by atoms with Gasteiger partial charge in [-0.05, 0) is 69.0 Å². The monoisotopic (exact) mass is 596 g/mol. The summed E-state index contributed by atoms with van der Waals surface area (Å²) in [6.45, 7) is 11.1. The van der Waals surface area contributed by atoms with Gasteiger partial charge in [0.05, 0.1) is 35.9 Å². The lowest BCUT2D eigenvalue weighted by atomic mass is 9.98. The predicted octanol–water partition coefficient (Wildman–Crippen LogP) is 7.20. The Morgan fingerprint density at radius 3 is 2.58 bits per heavy atom. The number of aryl methyl sites for hydroxylation is 2. The second-order valence-corrected chi connectivity index (χ2v) is 11.8. The van der Waals surface area contributed by atoms with Crippen LogP contribution in [0.2, 0.25) is 0 Å². The molecule has 0 aliphatic carbocycles. The SMILES string of the molecule is CCOc1cc(C2c3c(oc4ccc(Br)cc4c3=O)C(=O)N2c2nc(C)c(C)s2)ccc1OCCC(C)C. The third kappa shape index (κ3) is 4.73. The number of anilines is 1. The summed E-state index contributed by atoms with van der Waals surface area (Å²) in [5.41, 5.74) is 1.96. The van der Waals surface area contributed by atoms with Crippen LogP contribution in [0.15, 0.2) is 50.1 Å². The van der Waals surface area contributed by atoms with Crippen LogP contribution in [0.5, 0.6) is 11.5 Å². The van der Waals surface area contributed by atoms with E-state index in [0.717, 1.165) is 21.5 Å². The third-order valence-corrected chi connectivity index (χ3v) is 8.16. The van der Waals surface area contributed by atoms with Gasteiger partial charge < -0.3 is 13.9 Å². The molecule has 7 nitrogen and oxygen atoms in total. The molecule has 198 valence electrons. The Morgan fingerprint density at radius 1 is 1.11 bits per heavy atom. The lowest BCUT2D eigenvalue weighted by Crippen LogP contribution is -2.29. The molecule has 1 aliphatic rings. The maximum atomic E-state index is 13.9. The highest BCUT2D eigenvalue weighted by Crippen LogP contribution is 2.44. The van der Waals surface area contributed by atoms with Crippen molar-refractivity contribution < 1.29 is 18.7 Å². The molecule has 38 heavy (non-hydrogen) atoms. The highest BCUT2D eigenvalue weighted by molar-refractivity contribution is 9.10. The van der Waals surface area contributed by atoms with Crippen LogP contribution in [0.1, 0.15) is 65.5 Å². The number of rotatable bonds is 8. The lowest BCUT2D eigenvalue weighted by Gasteiger charge is -2.23. The number of thiazole rings is 1. The van der Waals surface area contributed by atoms with E-state index in [0.29, 0.717) is 57.9 Å². The molecule has 9 heteroatoms. The summed E-state index contributed by atoms with van der Waals surface area (Å²) >= 11 is 4.86.